The molecule has 31 heavy (non-hydrogen) atoms. The number of nitrogens with one attached hydrogen (secondary N) is 2. The molecule has 3 N–H and O–H groups in total. The maximum absolute atomic E-state index is 13.9. The first-order valence-electron chi connectivity index (χ1n) is 11.3. The minimum Gasteiger partial charge on any atom is -0.478 e. The van der Waals surface area contributed by atoms with Gasteiger partial charge in [0, 0.05) is 23.2 Å². The zero-order chi connectivity index (χ0) is 26.7. The molecular weight excluding hydrogens is 403 g/mol. The number of carbonyl (C=O) groups excluding carboxylic acids is 2. The Hall–Kier alpha value is -4.14. The molecule has 158 valence electrons. The molecule has 3 rings (SSSR count). The monoisotopic (exact) mass is 427 g/mol. The molecule has 0 aliphatic heterocycles. The summed E-state index contributed by atoms with van der Waals surface area (Å²) in [5.74, 6) is -3.82. The number of rotatable bonds is 7. The summed E-state index contributed by atoms with van der Waals surface area (Å²) in [4.78, 5) is 43.5. The van der Waals surface area contributed by atoms with E-state index >= 15 is 0 Å². The predicted molar refractivity (Wildman–Crippen MR) is 109 cm³/mol. The molecule has 0 atom stereocenters. The predicted octanol–water partition coefficient (Wildman–Crippen LogP) is 2.48. The molecular formula is C22H19FN4O4. The molecule has 0 aliphatic rings. The second kappa shape index (κ2) is 9.57. The van der Waals surface area contributed by atoms with Crippen molar-refractivity contribution in [3.63, 3.8) is 0 Å². The van der Waals surface area contributed by atoms with Gasteiger partial charge < -0.3 is 15.7 Å². The van der Waals surface area contributed by atoms with Crippen LogP contribution in [0.4, 0.5) is 4.39 Å². The van der Waals surface area contributed by atoms with E-state index in [1.54, 1.807) is 0 Å². The standard InChI is InChI=1S/C22H19FN4O4/c1-13-8-15(4-7-17(13)23)11-25-21(29)19-9-18(26-12-27-19)20(28)24-10-14-2-5-16(6-3-14)22(30)31/h2-9,12H,10-11H2,1H3,(H,24,28)(H,25,29)(H,30,31)/i1D3,11D2. The van der Waals surface area contributed by atoms with Crippen molar-refractivity contribution in [1.29, 1.82) is 0 Å². The zero-order valence-electron chi connectivity index (χ0n) is 20.8. The summed E-state index contributed by atoms with van der Waals surface area (Å²) in [5, 5.41) is 13.5. The van der Waals surface area contributed by atoms with Crippen molar-refractivity contribution in [3.05, 3.63) is 94.3 Å². The first-order valence-corrected chi connectivity index (χ1v) is 8.83. The van der Waals surface area contributed by atoms with Crippen molar-refractivity contribution < 1.29 is 30.7 Å². The van der Waals surface area contributed by atoms with Crippen LogP contribution in [0.2, 0.25) is 0 Å². The van der Waals surface area contributed by atoms with Crippen molar-refractivity contribution in [2.24, 2.45) is 0 Å². The highest BCUT2D eigenvalue weighted by atomic mass is 19.1. The number of carboxylic acids is 1. The molecule has 0 radical (unpaired) electrons. The van der Waals surface area contributed by atoms with Crippen molar-refractivity contribution in [2.45, 2.75) is 19.9 Å². The number of aromatic nitrogens is 2. The fourth-order valence-electron chi connectivity index (χ4n) is 2.44. The van der Waals surface area contributed by atoms with E-state index in [-0.39, 0.29) is 29.1 Å². The first-order chi connectivity index (χ1) is 16.8. The average Bonchev–Trinajstić information content (AvgIpc) is 2.82. The summed E-state index contributed by atoms with van der Waals surface area (Å²) in [6, 6.07) is 9.46. The van der Waals surface area contributed by atoms with E-state index in [4.69, 9.17) is 12.0 Å². The molecule has 1 aromatic heterocycles. The van der Waals surface area contributed by atoms with E-state index in [1.165, 1.54) is 24.3 Å². The molecule has 0 spiro atoms. The second-order valence-corrected chi connectivity index (χ2v) is 6.25. The van der Waals surface area contributed by atoms with Crippen LogP contribution >= 0.6 is 0 Å². The third kappa shape index (κ3) is 5.69. The highest BCUT2D eigenvalue weighted by molar-refractivity contribution is 5.97. The van der Waals surface area contributed by atoms with Gasteiger partial charge in [-0.2, -0.15) is 0 Å². The van der Waals surface area contributed by atoms with Crippen molar-refractivity contribution >= 4 is 17.8 Å². The van der Waals surface area contributed by atoms with E-state index < -0.39 is 42.5 Å². The molecule has 0 bridgehead atoms. The highest BCUT2D eigenvalue weighted by Gasteiger charge is 2.13. The number of hydrogen-bond acceptors (Lipinski definition) is 5. The zero-order valence-corrected chi connectivity index (χ0v) is 15.8. The average molecular weight is 427 g/mol. The van der Waals surface area contributed by atoms with Crippen molar-refractivity contribution in [2.75, 3.05) is 0 Å². The molecule has 1 heterocycles. The van der Waals surface area contributed by atoms with Crippen LogP contribution in [0.3, 0.4) is 0 Å². The summed E-state index contributed by atoms with van der Waals surface area (Å²) < 4.78 is 52.3. The van der Waals surface area contributed by atoms with Crippen molar-refractivity contribution in [3.8, 4) is 0 Å². The van der Waals surface area contributed by atoms with E-state index in [0.29, 0.717) is 5.56 Å². The number of aromatic carboxylic acids is 1. The summed E-state index contributed by atoms with van der Waals surface area (Å²) in [6.45, 7) is -5.38. The SMILES string of the molecule is [2H]C([2H])([2H])c1cc(C([2H])([2H])NC(=O)c2cc(C(=O)NCc3ccc(C(=O)O)cc3)ncn2)ccc1F. The largest absolute Gasteiger partial charge is 0.478 e. The quantitative estimate of drug-likeness (QED) is 0.533. The van der Waals surface area contributed by atoms with Crippen LogP contribution in [0, 0.1) is 12.7 Å². The molecule has 0 aliphatic carbocycles. The fourth-order valence-corrected chi connectivity index (χ4v) is 2.44. The number of nitrogens with zero attached hydrogens (tertiary/aromatic N) is 2. The third-order valence-corrected chi connectivity index (χ3v) is 4.07. The van der Waals surface area contributed by atoms with Gasteiger partial charge in [0.15, 0.2) is 0 Å². The van der Waals surface area contributed by atoms with Gasteiger partial charge in [-0.1, -0.05) is 24.3 Å². The molecule has 0 saturated heterocycles. The van der Waals surface area contributed by atoms with E-state index in [0.717, 1.165) is 30.6 Å². The lowest BCUT2D eigenvalue weighted by Gasteiger charge is -2.08. The Morgan fingerprint density at radius 3 is 2.29 bits per heavy atom. The fraction of sp³-hybridized carbons (Fsp3) is 0.136. The van der Waals surface area contributed by atoms with Gasteiger partial charge in [-0.25, -0.2) is 19.2 Å². The highest BCUT2D eigenvalue weighted by Crippen LogP contribution is 2.09. The number of amides is 2. The van der Waals surface area contributed by atoms with Gasteiger partial charge >= 0.3 is 5.97 Å². The normalized spacial score (nSPS) is 13.6. The minimum absolute atomic E-state index is 0.0448. The lowest BCUT2D eigenvalue weighted by Crippen LogP contribution is -2.27. The maximum Gasteiger partial charge on any atom is 0.335 e. The second-order valence-electron chi connectivity index (χ2n) is 6.25. The molecule has 0 saturated carbocycles. The van der Waals surface area contributed by atoms with Gasteiger partial charge in [-0.15, -0.1) is 0 Å². The summed E-state index contributed by atoms with van der Waals surface area (Å²) in [5.41, 5.74) is -0.829. The Bertz CT molecular complexity index is 1320. The number of benzene rings is 2. The smallest absolute Gasteiger partial charge is 0.335 e. The van der Waals surface area contributed by atoms with Crippen LogP contribution in [0.25, 0.3) is 0 Å². The molecule has 2 amide bonds. The molecule has 8 nitrogen and oxygen atoms in total. The molecule has 2 aromatic carbocycles. The van der Waals surface area contributed by atoms with Gasteiger partial charge in [-0.05, 0) is 41.7 Å². The van der Waals surface area contributed by atoms with E-state index in [1.807, 2.05) is 5.32 Å². The van der Waals surface area contributed by atoms with Gasteiger partial charge in [0.05, 0.1) is 8.30 Å². The number of aryl methyl sites for hydroxylation is 1. The maximum atomic E-state index is 13.9. The summed E-state index contributed by atoms with van der Waals surface area (Å²) >= 11 is 0. The Morgan fingerprint density at radius 2 is 1.65 bits per heavy atom. The van der Waals surface area contributed by atoms with Crippen LogP contribution in [-0.2, 0) is 13.0 Å². The van der Waals surface area contributed by atoms with Gasteiger partial charge in [0.25, 0.3) is 11.8 Å². The number of carbonyl (C=O) groups is 3. The van der Waals surface area contributed by atoms with Gasteiger partial charge in [0.2, 0.25) is 0 Å². The Balaban J connectivity index is 1.71. The molecule has 0 fully saturated rings. The van der Waals surface area contributed by atoms with Crippen LogP contribution in [0.1, 0.15) is 54.9 Å². The Labute approximate surface area is 184 Å². The number of halogens is 1. The molecule has 0 unspecified atom stereocenters. The van der Waals surface area contributed by atoms with Crippen LogP contribution in [-0.4, -0.2) is 32.9 Å². The topological polar surface area (TPSA) is 121 Å². The summed E-state index contributed by atoms with van der Waals surface area (Å²) in [6.07, 6.45) is 0.936. The lowest BCUT2D eigenvalue weighted by atomic mass is 10.1. The number of carboxylic acid groups (broad SMARTS) is 1. The number of hydrogen-bond donors (Lipinski definition) is 3. The third-order valence-electron chi connectivity index (χ3n) is 4.07. The van der Waals surface area contributed by atoms with Crippen LogP contribution < -0.4 is 10.6 Å². The first kappa shape index (κ1) is 15.7. The van der Waals surface area contributed by atoms with Gasteiger partial charge in [-0.3, -0.25) is 9.59 Å². The Morgan fingerprint density at radius 1 is 1.00 bits per heavy atom. The van der Waals surface area contributed by atoms with Crippen LogP contribution in [0.15, 0.2) is 54.9 Å². The van der Waals surface area contributed by atoms with Crippen molar-refractivity contribution in [1.82, 2.24) is 20.6 Å². The molecule has 3 aromatic rings. The molecule has 9 heteroatoms. The van der Waals surface area contributed by atoms with Gasteiger partial charge in [0.1, 0.15) is 23.5 Å². The van der Waals surface area contributed by atoms with E-state index in [2.05, 4.69) is 15.3 Å². The summed E-state index contributed by atoms with van der Waals surface area (Å²) in [7, 11) is 0. The lowest BCUT2D eigenvalue weighted by molar-refractivity contribution is 0.0696. The minimum atomic E-state index is -2.83. The van der Waals surface area contributed by atoms with Crippen LogP contribution in [0.5, 0.6) is 0 Å². The van der Waals surface area contributed by atoms with E-state index in [9.17, 15) is 18.8 Å². The Kier molecular flexibility index (Phi) is 4.84.